The molecule has 0 aliphatic rings. The molecule has 0 radical (unpaired) electrons. The largest absolute Gasteiger partial charge is 0.457 e. The Balaban J connectivity index is 1.40. The normalized spacial score (nSPS) is 11.5. The molecule has 0 atom stereocenters. The number of halogens is 2. The number of oxazole rings is 1. The van der Waals surface area contributed by atoms with Gasteiger partial charge in [0.05, 0.1) is 11.0 Å². The molecule has 138 valence electrons. The van der Waals surface area contributed by atoms with Gasteiger partial charge in [-0.15, -0.1) is 0 Å². The highest BCUT2D eigenvalue weighted by Gasteiger charge is 2.19. The lowest BCUT2D eigenvalue weighted by Crippen LogP contribution is -2.11. The molecule has 0 N–H and O–H groups in total. The maximum Gasteiger partial charge on any atom is 0.320 e. The van der Waals surface area contributed by atoms with Crippen LogP contribution in [-0.2, 0) is 16.1 Å². The van der Waals surface area contributed by atoms with Crippen molar-refractivity contribution in [3.05, 3.63) is 54.4 Å². The maximum absolute atomic E-state index is 13.3. The molecule has 6 nitrogen and oxygen atoms in total. The van der Waals surface area contributed by atoms with Gasteiger partial charge in [-0.05, 0) is 24.3 Å². The topological polar surface area (TPSA) is 70.2 Å². The lowest BCUT2D eigenvalue weighted by molar-refractivity contribution is -0.142. The molecule has 0 bridgehead atoms. The minimum Gasteiger partial charge on any atom is -0.457 e. The summed E-state index contributed by atoms with van der Waals surface area (Å²) in [6, 6.07) is 13.8. The lowest BCUT2D eigenvalue weighted by atomic mass is 10.3. The number of ether oxygens (including phenoxy) is 1. The molecule has 2 heterocycles. The van der Waals surface area contributed by atoms with Crippen LogP contribution in [0.25, 0.3) is 22.1 Å². The molecule has 4 rings (SSSR count). The predicted octanol–water partition coefficient (Wildman–Crippen LogP) is 4.41. The second-order valence-electron chi connectivity index (χ2n) is 5.56. The van der Waals surface area contributed by atoms with Crippen LogP contribution in [0.1, 0.15) is 12.4 Å². The molecular formula is C18H13F2N3O3S. The zero-order valence-corrected chi connectivity index (χ0v) is 14.7. The molecule has 0 unspecified atom stereocenters. The van der Waals surface area contributed by atoms with Gasteiger partial charge in [0.25, 0.3) is 5.22 Å². The first-order valence-corrected chi connectivity index (χ1v) is 8.98. The number of nitrogens with zero attached hydrogens (tertiary/aromatic N) is 3. The molecule has 0 amide bonds. The van der Waals surface area contributed by atoms with Crippen LogP contribution in [0.15, 0.2) is 58.2 Å². The van der Waals surface area contributed by atoms with Gasteiger partial charge < -0.3 is 9.15 Å². The van der Waals surface area contributed by atoms with Gasteiger partial charge in [0, 0.05) is 0 Å². The fraction of sp³-hybridized carbons (Fsp3) is 0.167. The van der Waals surface area contributed by atoms with E-state index in [2.05, 4.69) is 9.97 Å². The number of benzene rings is 2. The van der Waals surface area contributed by atoms with Gasteiger partial charge in [-0.1, -0.05) is 36.0 Å². The number of hydrogen-bond donors (Lipinski definition) is 0. The highest BCUT2D eigenvalue weighted by atomic mass is 32.2. The third kappa shape index (κ3) is 3.63. The monoisotopic (exact) mass is 389 g/mol. The van der Waals surface area contributed by atoms with Crippen molar-refractivity contribution in [2.24, 2.45) is 0 Å². The number of fused-ring (bicyclic) bond motifs is 2. The second kappa shape index (κ2) is 7.36. The highest BCUT2D eigenvalue weighted by molar-refractivity contribution is 7.99. The zero-order valence-electron chi connectivity index (χ0n) is 13.8. The van der Waals surface area contributed by atoms with Crippen molar-refractivity contribution in [1.29, 1.82) is 0 Å². The van der Waals surface area contributed by atoms with E-state index in [-0.39, 0.29) is 18.2 Å². The average molecular weight is 389 g/mol. The lowest BCUT2D eigenvalue weighted by Gasteiger charge is -2.08. The summed E-state index contributed by atoms with van der Waals surface area (Å²) in [5, 5.41) is 0.341. The molecule has 0 aliphatic heterocycles. The van der Waals surface area contributed by atoms with Crippen molar-refractivity contribution < 1.29 is 22.7 Å². The summed E-state index contributed by atoms with van der Waals surface area (Å²) in [6.07, 6.45) is 0. The zero-order chi connectivity index (χ0) is 18.8. The number of para-hydroxylation sites is 4. The molecule has 0 aliphatic carbocycles. The number of alkyl halides is 2. The first-order valence-electron chi connectivity index (χ1n) is 8.00. The number of rotatable bonds is 6. The van der Waals surface area contributed by atoms with E-state index in [1.165, 1.54) is 0 Å². The quantitative estimate of drug-likeness (QED) is 0.359. The molecule has 2 aromatic heterocycles. The van der Waals surface area contributed by atoms with E-state index >= 15 is 0 Å². The molecule has 9 heteroatoms. The Labute approximate surface area is 156 Å². The number of hydrogen-bond acceptors (Lipinski definition) is 6. The number of carbonyl (C=O) groups is 1. The number of aromatic nitrogens is 3. The summed E-state index contributed by atoms with van der Waals surface area (Å²) in [5.74, 6) is -0.636. The summed E-state index contributed by atoms with van der Waals surface area (Å²) in [7, 11) is 0. The van der Waals surface area contributed by atoms with E-state index in [1.54, 1.807) is 36.4 Å². The van der Waals surface area contributed by atoms with Gasteiger partial charge in [-0.2, -0.15) is 8.78 Å². The van der Waals surface area contributed by atoms with Crippen molar-refractivity contribution in [3.63, 3.8) is 0 Å². The molecule has 27 heavy (non-hydrogen) atoms. The average Bonchev–Trinajstić information content (AvgIpc) is 3.25. The van der Waals surface area contributed by atoms with Crippen molar-refractivity contribution in [2.75, 3.05) is 5.75 Å². The Bertz CT molecular complexity index is 1080. The number of thioether (sulfide) groups is 1. The van der Waals surface area contributed by atoms with E-state index in [4.69, 9.17) is 9.15 Å². The first-order chi connectivity index (χ1) is 13.1. The molecule has 0 saturated carbocycles. The molecular weight excluding hydrogens is 376 g/mol. The van der Waals surface area contributed by atoms with E-state index in [1.807, 2.05) is 12.1 Å². The van der Waals surface area contributed by atoms with Crippen LogP contribution in [0.5, 0.6) is 0 Å². The van der Waals surface area contributed by atoms with Crippen molar-refractivity contribution in [1.82, 2.24) is 14.5 Å². The Kier molecular flexibility index (Phi) is 4.76. The molecule has 0 fully saturated rings. The summed E-state index contributed by atoms with van der Waals surface area (Å²) in [6.45, 7) is -3.12. The highest BCUT2D eigenvalue weighted by Crippen LogP contribution is 2.25. The second-order valence-corrected chi connectivity index (χ2v) is 6.49. The first kappa shape index (κ1) is 17.5. The van der Waals surface area contributed by atoms with Gasteiger partial charge in [-0.3, -0.25) is 9.36 Å². The van der Waals surface area contributed by atoms with Gasteiger partial charge >= 0.3 is 12.5 Å². The van der Waals surface area contributed by atoms with Crippen LogP contribution in [0, 0.1) is 0 Å². The van der Waals surface area contributed by atoms with E-state index in [0.717, 1.165) is 16.3 Å². The van der Waals surface area contributed by atoms with Gasteiger partial charge in [0.1, 0.15) is 17.9 Å². The fourth-order valence-corrected chi connectivity index (χ4v) is 3.27. The van der Waals surface area contributed by atoms with Crippen molar-refractivity contribution >= 4 is 39.9 Å². The van der Waals surface area contributed by atoms with Crippen LogP contribution in [-0.4, -0.2) is 26.3 Å². The number of esters is 1. The van der Waals surface area contributed by atoms with Crippen LogP contribution in [0.4, 0.5) is 8.78 Å². The van der Waals surface area contributed by atoms with Crippen molar-refractivity contribution in [3.8, 4) is 0 Å². The standard InChI is InChI=1S/C18H13F2N3O3S/c19-17(20)23-13-7-3-1-5-11(13)21-15(23)9-25-16(24)10-27-18-22-12-6-2-4-8-14(12)26-18/h1-8,17H,9-10H2. The smallest absolute Gasteiger partial charge is 0.320 e. The fourth-order valence-electron chi connectivity index (χ4n) is 2.63. The summed E-state index contributed by atoms with van der Waals surface area (Å²) in [5.41, 5.74) is 2.03. The summed E-state index contributed by atoms with van der Waals surface area (Å²) in [4.78, 5) is 20.3. The SMILES string of the molecule is O=C(CSc1nc2ccccc2o1)OCc1nc2ccccc2n1C(F)F. The number of imidazole rings is 1. The molecule has 2 aromatic carbocycles. The molecule has 4 aromatic rings. The maximum atomic E-state index is 13.3. The van der Waals surface area contributed by atoms with Crippen molar-refractivity contribution in [2.45, 2.75) is 18.4 Å². The summed E-state index contributed by atoms with van der Waals surface area (Å²) >= 11 is 1.08. The van der Waals surface area contributed by atoms with Gasteiger partial charge in [-0.25, -0.2) is 9.97 Å². The van der Waals surface area contributed by atoms with Crippen LogP contribution in [0.2, 0.25) is 0 Å². The molecule has 0 saturated heterocycles. The third-order valence-corrected chi connectivity index (χ3v) is 4.62. The van der Waals surface area contributed by atoms with E-state index in [0.29, 0.717) is 27.4 Å². The van der Waals surface area contributed by atoms with Crippen LogP contribution < -0.4 is 0 Å². The molecule has 0 spiro atoms. The third-order valence-electron chi connectivity index (χ3n) is 3.81. The van der Waals surface area contributed by atoms with Crippen LogP contribution >= 0.6 is 11.8 Å². The number of carbonyl (C=O) groups excluding carboxylic acids is 1. The summed E-state index contributed by atoms with van der Waals surface area (Å²) < 4.78 is 38.0. The van der Waals surface area contributed by atoms with E-state index in [9.17, 15) is 13.6 Å². The Morgan fingerprint density at radius 2 is 1.85 bits per heavy atom. The van der Waals surface area contributed by atoms with Gasteiger partial charge in [0.2, 0.25) is 0 Å². The van der Waals surface area contributed by atoms with Crippen LogP contribution in [0.3, 0.4) is 0 Å². The van der Waals surface area contributed by atoms with E-state index < -0.39 is 12.5 Å². The minimum atomic E-state index is -2.78. The Morgan fingerprint density at radius 3 is 2.63 bits per heavy atom. The van der Waals surface area contributed by atoms with Gasteiger partial charge in [0.15, 0.2) is 11.4 Å². The minimum absolute atomic E-state index is 0.00795. The Morgan fingerprint density at radius 1 is 1.11 bits per heavy atom. The Hall–Kier alpha value is -2.94. The predicted molar refractivity (Wildman–Crippen MR) is 95.5 cm³/mol.